The van der Waals surface area contributed by atoms with Gasteiger partial charge in [0.15, 0.2) is 11.3 Å². The molecule has 0 spiro atoms. The molecule has 2 heterocycles. The van der Waals surface area contributed by atoms with Crippen molar-refractivity contribution in [3.8, 4) is 28.4 Å². The highest BCUT2D eigenvalue weighted by Gasteiger charge is 2.23. The molecular formula is C22H23N5O5S. The number of hydrogen-bond acceptors (Lipinski definition) is 8. The minimum Gasteiger partial charge on any atom is -0.494 e. The molecule has 0 aliphatic rings. The second-order valence-electron chi connectivity index (χ2n) is 6.96. The lowest BCUT2D eigenvalue weighted by Crippen LogP contribution is -2.13. The molecule has 0 bridgehead atoms. The molecule has 172 valence electrons. The number of ether oxygens (including phenoxy) is 3. The highest BCUT2D eigenvalue weighted by atomic mass is 32.2. The van der Waals surface area contributed by atoms with Crippen LogP contribution in [0.5, 0.6) is 11.5 Å². The van der Waals surface area contributed by atoms with E-state index in [-0.39, 0.29) is 11.5 Å². The standard InChI is InChI=1S/C22H23N5O5S/c1-4-32-13-19-26-21-22(27(19)20-16(30-2)9-7-10-17(20)31-3)25-15(12-24-21)14-8-5-6-11-18(14)33(23,28)29/h5-12H,4,13H2,1-3H3,(H2,23,28,29). The Balaban J connectivity index is 2.04. The first kappa shape index (κ1) is 22.6. The number of benzene rings is 2. The molecule has 0 saturated heterocycles. The Morgan fingerprint density at radius 2 is 1.70 bits per heavy atom. The number of imidazole rings is 1. The van der Waals surface area contributed by atoms with Crippen molar-refractivity contribution < 1.29 is 22.6 Å². The van der Waals surface area contributed by atoms with Gasteiger partial charge in [0.25, 0.3) is 0 Å². The predicted octanol–water partition coefficient (Wildman–Crippen LogP) is 2.68. The van der Waals surface area contributed by atoms with Crippen LogP contribution in [0.15, 0.2) is 53.6 Å². The number of fused-ring (bicyclic) bond motifs is 1. The van der Waals surface area contributed by atoms with Crippen LogP contribution < -0.4 is 14.6 Å². The molecule has 10 nitrogen and oxygen atoms in total. The van der Waals surface area contributed by atoms with Crippen molar-refractivity contribution >= 4 is 21.3 Å². The quantitative estimate of drug-likeness (QED) is 0.417. The smallest absolute Gasteiger partial charge is 0.238 e. The summed E-state index contributed by atoms with van der Waals surface area (Å²) < 4.78 is 42.8. The first-order valence-corrected chi connectivity index (χ1v) is 11.6. The molecule has 2 N–H and O–H groups in total. The summed E-state index contributed by atoms with van der Waals surface area (Å²) in [4.78, 5) is 13.7. The van der Waals surface area contributed by atoms with Gasteiger partial charge in [-0.05, 0) is 25.1 Å². The molecule has 33 heavy (non-hydrogen) atoms. The molecule has 0 fully saturated rings. The maximum absolute atomic E-state index is 12.1. The van der Waals surface area contributed by atoms with E-state index >= 15 is 0 Å². The highest BCUT2D eigenvalue weighted by Crippen LogP contribution is 2.36. The molecule has 0 saturated carbocycles. The van der Waals surface area contributed by atoms with Gasteiger partial charge >= 0.3 is 0 Å². The number of nitrogens with zero attached hydrogens (tertiary/aromatic N) is 4. The highest BCUT2D eigenvalue weighted by molar-refractivity contribution is 7.89. The van der Waals surface area contributed by atoms with E-state index < -0.39 is 10.0 Å². The van der Waals surface area contributed by atoms with Gasteiger partial charge in [0.1, 0.15) is 29.6 Å². The van der Waals surface area contributed by atoms with Crippen molar-refractivity contribution in [3.05, 3.63) is 54.5 Å². The fourth-order valence-corrected chi connectivity index (χ4v) is 4.28. The largest absolute Gasteiger partial charge is 0.494 e. The Labute approximate surface area is 191 Å². The monoisotopic (exact) mass is 469 g/mol. The second-order valence-corrected chi connectivity index (χ2v) is 8.49. The van der Waals surface area contributed by atoms with E-state index in [1.807, 2.05) is 13.0 Å². The van der Waals surface area contributed by atoms with Gasteiger partial charge in [-0.25, -0.2) is 28.5 Å². The fourth-order valence-electron chi connectivity index (χ4n) is 3.53. The molecule has 0 amide bonds. The summed E-state index contributed by atoms with van der Waals surface area (Å²) in [6, 6.07) is 11.8. The van der Waals surface area contributed by atoms with E-state index in [1.165, 1.54) is 12.3 Å². The number of methoxy groups -OCH3 is 2. The maximum Gasteiger partial charge on any atom is 0.238 e. The average molecular weight is 470 g/mol. The number of sulfonamides is 1. The summed E-state index contributed by atoms with van der Waals surface area (Å²) in [6.45, 7) is 2.56. The normalized spacial score (nSPS) is 11.6. The Hall–Kier alpha value is -3.54. The molecule has 4 aromatic rings. The molecule has 2 aromatic heterocycles. The van der Waals surface area contributed by atoms with E-state index in [1.54, 1.807) is 49.1 Å². The van der Waals surface area contributed by atoms with E-state index in [9.17, 15) is 8.42 Å². The van der Waals surface area contributed by atoms with Gasteiger partial charge in [-0.1, -0.05) is 24.3 Å². The maximum atomic E-state index is 12.1. The summed E-state index contributed by atoms with van der Waals surface area (Å²) in [5.74, 6) is 1.60. The number of hydrogen-bond donors (Lipinski definition) is 1. The summed E-state index contributed by atoms with van der Waals surface area (Å²) in [5.41, 5.74) is 1.97. The zero-order valence-electron chi connectivity index (χ0n) is 18.3. The molecule has 0 unspecified atom stereocenters. The van der Waals surface area contributed by atoms with Crippen molar-refractivity contribution in [2.45, 2.75) is 18.4 Å². The van der Waals surface area contributed by atoms with Crippen LogP contribution in [0.3, 0.4) is 0 Å². The molecule has 2 aromatic carbocycles. The van der Waals surface area contributed by atoms with Crippen LogP contribution in [0.1, 0.15) is 12.7 Å². The third-order valence-electron chi connectivity index (χ3n) is 4.97. The number of aromatic nitrogens is 4. The lowest BCUT2D eigenvalue weighted by Gasteiger charge is -2.16. The van der Waals surface area contributed by atoms with Crippen molar-refractivity contribution in [3.63, 3.8) is 0 Å². The summed E-state index contributed by atoms with van der Waals surface area (Å²) >= 11 is 0. The lowest BCUT2D eigenvalue weighted by atomic mass is 10.1. The molecular weight excluding hydrogens is 446 g/mol. The lowest BCUT2D eigenvalue weighted by molar-refractivity contribution is 0.127. The van der Waals surface area contributed by atoms with Gasteiger partial charge in [0.2, 0.25) is 10.0 Å². The van der Waals surface area contributed by atoms with Crippen LogP contribution in [0.25, 0.3) is 28.2 Å². The van der Waals surface area contributed by atoms with Crippen LogP contribution in [0.2, 0.25) is 0 Å². The third-order valence-corrected chi connectivity index (χ3v) is 5.94. The Morgan fingerprint density at radius 3 is 2.33 bits per heavy atom. The Morgan fingerprint density at radius 1 is 1.00 bits per heavy atom. The van der Waals surface area contributed by atoms with Gasteiger partial charge in [-0.2, -0.15) is 0 Å². The molecule has 0 atom stereocenters. The average Bonchev–Trinajstić information content (AvgIpc) is 3.18. The molecule has 0 aliphatic carbocycles. The number of rotatable bonds is 8. The number of nitrogens with two attached hydrogens (primary N) is 1. The van der Waals surface area contributed by atoms with Crippen LogP contribution in [0, 0.1) is 0 Å². The topological polar surface area (TPSA) is 131 Å². The van der Waals surface area contributed by atoms with Crippen LogP contribution >= 0.6 is 0 Å². The van der Waals surface area contributed by atoms with Gasteiger partial charge in [-0.15, -0.1) is 0 Å². The van der Waals surface area contributed by atoms with Crippen molar-refractivity contribution in [2.75, 3.05) is 20.8 Å². The second kappa shape index (κ2) is 9.14. The number of primary sulfonamides is 1. The van der Waals surface area contributed by atoms with Gasteiger partial charge in [0.05, 0.1) is 31.0 Å². The fraction of sp³-hybridized carbons (Fsp3) is 0.227. The van der Waals surface area contributed by atoms with Gasteiger partial charge < -0.3 is 14.2 Å². The van der Waals surface area contributed by atoms with Crippen LogP contribution in [-0.2, 0) is 21.4 Å². The Kier molecular flexibility index (Phi) is 6.27. The van der Waals surface area contributed by atoms with Gasteiger partial charge in [-0.3, -0.25) is 4.57 Å². The zero-order chi connectivity index (χ0) is 23.6. The molecule has 0 radical (unpaired) electrons. The van der Waals surface area contributed by atoms with E-state index in [0.717, 1.165) is 0 Å². The zero-order valence-corrected chi connectivity index (χ0v) is 19.2. The minimum atomic E-state index is -3.98. The molecule has 11 heteroatoms. The first-order valence-electron chi connectivity index (χ1n) is 10.0. The third kappa shape index (κ3) is 4.25. The molecule has 0 aliphatic heterocycles. The summed E-state index contributed by atoms with van der Waals surface area (Å²) in [5, 5.41) is 5.42. The SMILES string of the molecule is CCOCc1nc2ncc(-c3ccccc3S(N)(=O)=O)nc2n1-c1c(OC)cccc1OC. The summed E-state index contributed by atoms with van der Waals surface area (Å²) in [7, 11) is -0.866. The Bertz CT molecular complexity index is 1400. The van der Waals surface area contributed by atoms with Crippen LogP contribution in [-0.4, -0.2) is 48.8 Å². The van der Waals surface area contributed by atoms with E-state index in [0.29, 0.717) is 52.2 Å². The van der Waals surface area contributed by atoms with Gasteiger partial charge in [0, 0.05) is 12.2 Å². The van der Waals surface area contributed by atoms with Crippen molar-refractivity contribution in [1.29, 1.82) is 0 Å². The van der Waals surface area contributed by atoms with E-state index in [2.05, 4.69) is 9.97 Å². The molecule has 4 rings (SSSR count). The van der Waals surface area contributed by atoms with Crippen molar-refractivity contribution in [2.24, 2.45) is 5.14 Å². The minimum absolute atomic E-state index is 0.0471. The first-order chi connectivity index (χ1) is 15.9. The van der Waals surface area contributed by atoms with Crippen molar-refractivity contribution in [1.82, 2.24) is 19.5 Å². The van der Waals surface area contributed by atoms with Crippen LogP contribution in [0.4, 0.5) is 0 Å². The predicted molar refractivity (Wildman–Crippen MR) is 122 cm³/mol. The summed E-state index contributed by atoms with van der Waals surface area (Å²) in [6.07, 6.45) is 1.47. The van der Waals surface area contributed by atoms with E-state index in [4.69, 9.17) is 24.3 Å². The number of para-hydroxylation sites is 1.